The number of carbonyl (C=O) groups is 1. The molecule has 2 unspecified atom stereocenters. The average molecular weight is 825 g/mol. The monoisotopic (exact) mass is 824 g/mol. The first kappa shape index (κ1) is 44.2. The fourth-order valence-electron chi connectivity index (χ4n) is 7.51. The van der Waals surface area contributed by atoms with E-state index in [1.165, 1.54) is 37.4 Å². The molecule has 3 N–H and O–H groups in total. The number of nitrogens with zero attached hydrogens (tertiary/aromatic N) is 2. The standard InChI is InChI=1S/C36H50N4O12S3/c1-35(17-9-23-53(42,43)44)28-24-26(54(45,46)47)14-16-31(28)40(20-22-52-4)32(35)10-8-11-33-36(2,18-21-51-3)29-25-27(55(48,49)50)13-15-30(29)39(33)19-7-5-6-12-34(41)38-37/h8,10-11,13-16,24-25H,5-7,9,12,17-23,37H2,1-4H3,(H3-,38,41,42,43,44,45,46,47,48,49,50)/p-2. The van der Waals surface area contributed by atoms with E-state index in [0.29, 0.717) is 67.0 Å². The largest absolute Gasteiger partial charge is 0.748 e. The van der Waals surface area contributed by atoms with Crippen molar-refractivity contribution in [3.8, 4) is 0 Å². The van der Waals surface area contributed by atoms with Gasteiger partial charge in [-0.2, -0.15) is 4.58 Å². The van der Waals surface area contributed by atoms with Crippen molar-refractivity contribution in [1.29, 1.82) is 0 Å². The molecule has 2 aliphatic heterocycles. The molecule has 2 aliphatic rings. The number of methoxy groups -OCH3 is 2. The fraction of sp³-hybridized carbons (Fsp3) is 0.500. The molecule has 304 valence electrons. The topological polar surface area (TPSA) is 251 Å². The third-order valence-electron chi connectivity index (χ3n) is 10.3. The van der Waals surface area contributed by atoms with Gasteiger partial charge in [-0.15, -0.1) is 0 Å². The van der Waals surface area contributed by atoms with Gasteiger partial charge >= 0.3 is 0 Å². The zero-order valence-electron chi connectivity index (χ0n) is 31.3. The number of anilines is 1. The van der Waals surface area contributed by atoms with Crippen molar-refractivity contribution in [2.24, 2.45) is 5.84 Å². The minimum absolute atomic E-state index is 0.0528. The van der Waals surface area contributed by atoms with Gasteiger partial charge in [0.1, 0.15) is 26.8 Å². The molecule has 2 aromatic carbocycles. The number of hydrogen-bond donors (Lipinski definition) is 2. The highest BCUT2D eigenvalue weighted by Crippen LogP contribution is 2.51. The van der Waals surface area contributed by atoms with E-state index in [9.17, 15) is 43.7 Å². The summed E-state index contributed by atoms with van der Waals surface area (Å²) in [5.74, 6) is 4.28. The van der Waals surface area contributed by atoms with Crippen molar-refractivity contribution < 1.29 is 57.8 Å². The molecule has 0 saturated heterocycles. The molecule has 0 aromatic heterocycles. The zero-order valence-corrected chi connectivity index (χ0v) is 33.7. The molecular weight excluding hydrogens is 777 g/mol. The highest BCUT2D eigenvalue weighted by atomic mass is 32.2. The number of nitrogens with one attached hydrogen (secondary N) is 1. The number of unbranched alkanes of at least 4 members (excludes halogenated alkanes) is 2. The summed E-state index contributed by atoms with van der Waals surface area (Å²) < 4.78 is 120. The van der Waals surface area contributed by atoms with Crippen LogP contribution in [0.2, 0.25) is 0 Å². The molecule has 16 nitrogen and oxygen atoms in total. The summed E-state index contributed by atoms with van der Waals surface area (Å²) in [7, 11) is -11.2. The summed E-state index contributed by atoms with van der Waals surface area (Å²) >= 11 is 0. The molecule has 2 heterocycles. The molecule has 0 radical (unpaired) electrons. The van der Waals surface area contributed by atoms with E-state index in [0.717, 1.165) is 5.70 Å². The van der Waals surface area contributed by atoms with E-state index < -0.39 is 51.8 Å². The molecule has 4 rings (SSSR count). The van der Waals surface area contributed by atoms with Gasteiger partial charge in [0.2, 0.25) is 11.6 Å². The number of allylic oxidation sites excluding steroid dienone is 4. The van der Waals surface area contributed by atoms with Gasteiger partial charge in [0.05, 0.1) is 25.3 Å². The number of ether oxygens (including phenoxy) is 2. The second-order valence-electron chi connectivity index (χ2n) is 14.0. The van der Waals surface area contributed by atoms with Crippen molar-refractivity contribution >= 4 is 53.3 Å². The molecule has 0 fully saturated rings. The third-order valence-corrected chi connectivity index (χ3v) is 12.8. The van der Waals surface area contributed by atoms with Gasteiger partial charge < -0.3 is 28.0 Å². The Labute approximate surface area is 323 Å². The highest BCUT2D eigenvalue weighted by Gasteiger charge is 2.48. The molecule has 0 bridgehead atoms. The Morgan fingerprint density at radius 1 is 0.855 bits per heavy atom. The van der Waals surface area contributed by atoms with Crippen LogP contribution in [0, 0.1) is 0 Å². The van der Waals surface area contributed by atoms with Crippen molar-refractivity contribution in [2.75, 3.05) is 51.2 Å². The van der Waals surface area contributed by atoms with Crippen LogP contribution in [0.5, 0.6) is 0 Å². The highest BCUT2D eigenvalue weighted by molar-refractivity contribution is 7.86. The van der Waals surface area contributed by atoms with E-state index in [-0.39, 0.29) is 43.3 Å². The van der Waals surface area contributed by atoms with Crippen LogP contribution >= 0.6 is 0 Å². The number of fused-ring (bicyclic) bond motifs is 2. The lowest BCUT2D eigenvalue weighted by Crippen LogP contribution is -2.33. The Kier molecular flexibility index (Phi) is 14.2. The van der Waals surface area contributed by atoms with Crippen LogP contribution in [0.3, 0.4) is 0 Å². The number of hydrazine groups is 1. The summed E-state index contributed by atoms with van der Waals surface area (Å²) in [5.41, 5.74) is 3.95. The van der Waals surface area contributed by atoms with Crippen LogP contribution in [0.25, 0.3) is 0 Å². The Morgan fingerprint density at radius 3 is 2.09 bits per heavy atom. The van der Waals surface area contributed by atoms with Crippen LogP contribution in [0.15, 0.2) is 70.1 Å². The Hall–Kier alpha value is -3.53. The van der Waals surface area contributed by atoms with Gasteiger partial charge in [-0.05, 0) is 87.9 Å². The maximum atomic E-state index is 12.2. The number of hydrogen-bond acceptors (Lipinski definition) is 14. The molecule has 2 aromatic rings. The van der Waals surface area contributed by atoms with E-state index in [2.05, 4.69) is 5.43 Å². The summed E-state index contributed by atoms with van der Waals surface area (Å²) in [6.45, 7) is 5.03. The van der Waals surface area contributed by atoms with Gasteiger partial charge in [-0.25, -0.2) is 31.1 Å². The minimum Gasteiger partial charge on any atom is -0.748 e. The summed E-state index contributed by atoms with van der Waals surface area (Å²) in [6, 6.07) is 8.31. The smallest absolute Gasteiger partial charge is 0.233 e. The average Bonchev–Trinajstić information content (AvgIpc) is 3.48. The molecular formula is C36H48N4O12S3-2. The Bertz CT molecular complexity index is 2190. The Morgan fingerprint density at radius 2 is 1.49 bits per heavy atom. The molecule has 55 heavy (non-hydrogen) atoms. The van der Waals surface area contributed by atoms with Gasteiger partial charge in [0.15, 0.2) is 12.3 Å². The van der Waals surface area contributed by atoms with E-state index in [1.807, 2.05) is 22.5 Å². The van der Waals surface area contributed by atoms with Gasteiger partial charge in [-0.1, -0.05) is 12.5 Å². The minimum atomic E-state index is -4.86. The van der Waals surface area contributed by atoms with Gasteiger partial charge in [0, 0.05) is 74.1 Å². The first-order valence-corrected chi connectivity index (χ1v) is 22.0. The predicted molar refractivity (Wildman–Crippen MR) is 201 cm³/mol. The van der Waals surface area contributed by atoms with Crippen molar-refractivity contribution in [2.45, 2.75) is 79.4 Å². The lowest BCUT2D eigenvalue weighted by atomic mass is 9.75. The molecule has 1 amide bonds. The first-order chi connectivity index (χ1) is 25.7. The van der Waals surface area contributed by atoms with Crippen molar-refractivity contribution in [1.82, 2.24) is 5.43 Å². The number of rotatable bonds is 20. The number of benzene rings is 2. The lowest BCUT2D eigenvalue weighted by Gasteiger charge is -2.30. The van der Waals surface area contributed by atoms with Gasteiger partial charge in [0.25, 0.3) is 0 Å². The number of carbonyl (C=O) groups excluding carboxylic acids is 1. The molecule has 0 saturated carbocycles. The second kappa shape index (κ2) is 17.7. The molecule has 19 heteroatoms. The summed E-state index contributed by atoms with van der Waals surface area (Å²) in [4.78, 5) is 12.9. The van der Waals surface area contributed by atoms with Crippen LogP contribution in [0.1, 0.15) is 69.9 Å². The molecule has 2 atom stereocenters. The zero-order chi connectivity index (χ0) is 40.8. The third kappa shape index (κ3) is 10.3. The van der Waals surface area contributed by atoms with Gasteiger partial charge in [-0.3, -0.25) is 10.2 Å². The maximum absolute atomic E-state index is 12.2. The second-order valence-corrected chi connectivity index (χ2v) is 18.3. The molecule has 0 spiro atoms. The quantitative estimate of drug-likeness (QED) is 0.0487. The van der Waals surface area contributed by atoms with E-state index in [4.69, 9.17) is 15.3 Å². The van der Waals surface area contributed by atoms with Crippen molar-refractivity contribution in [3.05, 3.63) is 71.5 Å². The SMILES string of the molecule is COCC[N+]1=C(C=CC=C2N(CCCCCC(=O)NN)c3ccc(S(=O)(=O)[O-])cc3C2(C)CCOC)C(C)(CCCS(=O)(=O)[O-])c2cc(S(=O)(=O)[O-])ccc21. The summed E-state index contributed by atoms with van der Waals surface area (Å²) in [6.07, 6.45) is 8.05. The predicted octanol–water partition coefficient (Wildman–Crippen LogP) is 2.63. The van der Waals surface area contributed by atoms with Crippen LogP contribution in [-0.4, -0.2) is 101 Å². The summed E-state index contributed by atoms with van der Waals surface area (Å²) in [5, 5.41) is 0. The molecule has 0 aliphatic carbocycles. The number of amides is 1. The Balaban J connectivity index is 1.88. The lowest BCUT2D eigenvalue weighted by molar-refractivity contribution is -0.441. The maximum Gasteiger partial charge on any atom is 0.233 e. The van der Waals surface area contributed by atoms with E-state index in [1.54, 1.807) is 32.3 Å². The first-order valence-electron chi connectivity index (χ1n) is 17.6. The van der Waals surface area contributed by atoms with Crippen molar-refractivity contribution in [3.63, 3.8) is 0 Å². The van der Waals surface area contributed by atoms with Crippen LogP contribution in [-0.2, 0) is 55.5 Å². The normalized spacial score (nSPS) is 20.8. The van der Waals surface area contributed by atoms with E-state index >= 15 is 0 Å². The number of nitrogens with two attached hydrogens (primary N) is 1. The fourth-order valence-corrected chi connectivity index (χ4v) is 9.00. The van der Waals surface area contributed by atoms with Crippen LogP contribution < -0.4 is 16.2 Å². The van der Waals surface area contributed by atoms with Crippen LogP contribution in [0.4, 0.5) is 11.4 Å².